The van der Waals surface area contributed by atoms with Crippen molar-refractivity contribution in [2.24, 2.45) is 5.92 Å². The lowest BCUT2D eigenvalue weighted by molar-refractivity contribution is -0.148. The van der Waals surface area contributed by atoms with Crippen LogP contribution < -0.4 is 5.32 Å². The first-order valence-electron chi connectivity index (χ1n) is 6.19. The number of hydrogen-bond donors (Lipinski definition) is 1. The number of rotatable bonds is 6. The molecule has 18 heavy (non-hydrogen) atoms. The Kier molecular flexibility index (Phi) is 6.16. The van der Waals surface area contributed by atoms with E-state index in [1.54, 1.807) is 0 Å². The number of nitrogens with one attached hydrogen (secondary N) is 1. The Morgan fingerprint density at radius 2 is 1.94 bits per heavy atom. The monoisotopic (exact) mass is 269 g/mol. The molecule has 2 unspecified atom stereocenters. The summed E-state index contributed by atoms with van der Waals surface area (Å²) in [7, 11) is 0. The third-order valence-corrected chi connectivity index (χ3v) is 3.20. The number of halogens is 1. The molecule has 2 atom stereocenters. The van der Waals surface area contributed by atoms with Crippen LogP contribution in [0.3, 0.4) is 0 Å². The Labute approximate surface area is 113 Å². The van der Waals surface area contributed by atoms with Gasteiger partial charge in [0.15, 0.2) is 0 Å². The SMILES string of the molecule is CCOC(=O)C(C)C(C)NCc1ccc(Cl)cc1. The molecule has 0 amide bonds. The molecular weight excluding hydrogens is 250 g/mol. The van der Waals surface area contributed by atoms with E-state index in [1.807, 2.05) is 45.0 Å². The molecule has 0 aliphatic rings. The molecule has 0 spiro atoms. The molecule has 0 aliphatic carbocycles. The molecule has 0 saturated carbocycles. The highest BCUT2D eigenvalue weighted by Crippen LogP contribution is 2.11. The van der Waals surface area contributed by atoms with Crippen LogP contribution in [-0.4, -0.2) is 18.6 Å². The second-order valence-electron chi connectivity index (χ2n) is 4.34. The van der Waals surface area contributed by atoms with Gasteiger partial charge in [0.2, 0.25) is 0 Å². The van der Waals surface area contributed by atoms with Gasteiger partial charge in [-0.25, -0.2) is 0 Å². The van der Waals surface area contributed by atoms with Crippen molar-refractivity contribution in [2.45, 2.75) is 33.4 Å². The topological polar surface area (TPSA) is 38.3 Å². The van der Waals surface area contributed by atoms with Gasteiger partial charge in [-0.05, 0) is 31.5 Å². The molecule has 0 bridgehead atoms. The fourth-order valence-corrected chi connectivity index (χ4v) is 1.66. The van der Waals surface area contributed by atoms with Crippen LogP contribution in [0.2, 0.25) is 5.02 Å². The molecule has 0 radical (unpaired) electrons. The summed E-state index contributed by atoms with van der Waals surface area (Å²) in [5, 5.41) is 4.04. The zero-order valence-electron chi connectivity index (χ0n) is 11.1. The maximum atomic E-state index is 11.6. The highest BCUT2D eigenvalue weighted by Gasteiger charge is 2.20. The Balaban J connectivity index is 2.42. The van der Waals surface area contributed by atoms with Crippen molar-refractivity contribution in [1.82, 2.24) is 5.32 Å². The number of carbonyl (C=O) groups excluding carboxylic acids is 1. The molecular formula is C14H20ClNO2. The fraction of sp³-hybridized carbons (Fsp3) is 0.500. The summed E-state index contributed by atoms with van der Waals surface area (Å²) in [5.41, 5.74) is 1.14. The highest BCUT2D eigenvalue weighted by molar-refractivity contribution is 6.30. The molecule has 0 fully saturated rings. The predicted molar refractivity (Wildman–Crippen MR) is 73.6 cm³/mol. The molecule has 1 aromatic carbocycles. The first-order valence-corrected chi connectivity index (χ1v) is 6.56. The van der Waals surface area contributed by atoms with E-state index in [2.05, 4.69) is 5.32 Å². The molecule has 1 rings (SSSR count). The summed E-state index contributed by atoms with van der Waals surface area (Å²) in [6.45, 7) is 6.81. The van der Waals surface area contributed by atoms with Crippen LogP contribution in [0.25, 0.3) is 0 Å². The third-order valence-electron chi connectivity index (χ3n) is 2.95. The van der Waals surface area contributed by atoms with E-state index in [9.17, 15) is 4.79 Å². The van der Waals surface area contributed by atoms with Crippen LogP contribution in [0.5, 0.6) is 0 Å². The summed E-state index contributed by atoms with van der Waals surface area (Å²) in [4.78, 5) is 11.6. The van der Waals surface area contributed by atoms with Gasteiger partial charge in [-0.3, -0.25) is 4.79 Å². The van der Waals surface area contributed by atoms with Crippen molar-refractivity contribution in [2.75, 3.05) is 6.61 Å². The first-order chi connectivity index (χ1) is 8.54. The zero-order chi connectivity index (χ0) is 13.5. The maximum absolute atomic E-state index is 11.6. The lowest BCUT2D eigenvalue weighted by Crippen LogP contribution is -2.36. The summed E-state index contributed by atoms with van der Waals surface area (Å²) in [6.07, 6.45) is 0. The number of hydrogen-bond acceptors (Lipinski definition) is 3. The highest BCUT2D eigenvalue weighted by atomic mass is 35.5. The van der Waals surface area contributed by atoms with E-state index in [4.69, 9.17) is 16.3 Å². The minimum absolute atomic E-state index is 0.0692. The number of carbonyl (C=O) groups is 1. The minimum atomic E-state index is -0.159. The molecule has 0 aliphatic heterocycles. The van der Waals surface area contributed by atoms with Crippen molar-refractivity contribution >= 4 is 17.6 Å². The Morgan fingerprint density at radius 3 is 2.50 bits per heavy atom. The zero-order valence-corrected chi connectivity index (χ0v) is 11.8. The van der Waals surface area contributed by atoms with E-state index < -0.39 is 0 Å². The molecule has 0 saturated heterocycles. The molecule has 1 aromatic rings. The summed E-state index contributed by atoms with van der Waals surface area (Å²) in [6, 6.07) is 7.73. The van der Waals surface area contributed by atoms with Gasteiger partial charge >= 0.3 is 5.97 Å². The van der Waals surface area contributed by atoms with E-state index in [0.717, 1.165) is 10.6 Å². The molecule has 0 aromatic heterocycles. The van der Waals surface area contributed by atoms with Crippen LogP contribution in [-0.2, 0) is 16.1 Å². The van der Waals surface area contributed by atoms with Gasteiger partial charge in [0.1, 0.15) is 0 Å². The van der Waals surface area contributed by atoms with Crippen molar-refractivity contribution in [3.8, 4) is 0 Å². The minimum Gasteiger partial charge on any atom is -0.466 e. The lowest BCUT2D eigenvalue weighted by atomic mass is 10.0. The van der Waals surface area contributed by atoms with E-state index in [1.165, 1.54) is 0 Å². The van der Waals surface area contributed by atoms with Crippen molar-refractivity contribution in [1.29, 1.82) is 0 Å². The largest absolute Gasteiger partial charge is 0.466 e. The van der Waals surface area contributed by atoms with Gasteiger partial charge in [0.05, 0.1) is 12.5 Å². The molecule has 100 valence electrons. The van der Waals surface area contributed by atoms with E-state index >= 15 is 0 Å². The quantitative estimate of drug-likeness (QED) is 0.807. The van der Waals surface area contributed by atoms with Gasteiger partial charge in [0.25, 0.3) is 0 Å². The van der Waals surface area contributed by atoms with Crippen molar-refractivity contribution in [3.05, 3.63) is 34.9 Å². The van der Waals surface area contributed by atoms with E-state index in [-0.39, 0.29) is 17.9 Å². The normalized spacial score (nSPS) is 14.0. The van der Waals surface area contributed by atoms with Gasteiger partial charge in [-0.2, -0.15) is 0 Å². The van der Waals surface area contributed by atoms with Crippen LogP contribution in [0.4, 0.5) is 0 Å². The Morgan fingerprint density at radius 1 is 1.33 bits per heavy atom. The predicted octanol–water partition coefficient (Wildman–Crippen LogP) is 3.02. The average Bonchev–Trinajstić information content (AvgIpc) is 2.37. The number of esters is 1. The number of benzene rings is 1. The standard InChI is InChI=1S/C14H20ClNO2/c1-4-18-14(17)10(2)11(3)16-9-12-5-7-13(15)8-6-12/h5-8,10-11,16H,4,9H2,1-3H3. The summed E-state index contributed by atoms with van der Waals surface area (Å²) in [5.74, 6) is -0.314. The maximum Gasteiger partial charge on any atom is 0.310 e. The first kappa shape index (κ1) is 15.0. The second kappa shape index (κ2) is 7.39. The molecule has 0 heterocycles. The van der Waals surface area contributed by atoms with Crippen molar-refractivity contribution < 1.29 is 9.53 Å². The van der Waals surface area contributed by atoms with E-state index in [0.29, 0.717) is 13.2 Å². The third kappa shape index (κ3) is 4.67. The molecule has 1 N–H and O–H groups in total. The summed E-state index contributed by atoms with van der Waals surface area (Å²) >= 11 is 5.82. The number of ether oxygens (including phenoxy) is 1. The van der Waals surface area contributed by atoms with Gasteiger partial charge in [-0.15, -0.1) is 0 Å². The van der Waals surface area contributed by atoms with Gasteiger partial charge < -0.3 is 10.1 Å². The average molecular weight is 270 g/mol. The lowest BCUT2D eigenvalue weighted by Gasteiger charge is -2.19. The van der Waals surface area contributed by atoms with Crippen LogP contribution in [0.15, 0.2) is 24.3 Å². The van der Waals surface area contributed by atoms with Gasteiger partial charge in [-0.1, -0.05) is 30.7 Å². The van der Waals surface area contributed by atoms with Gasteiger partial charge in [0, 0.05) is 17.6 Å². The van der Waals surface area contributed by atoms with Crippen LogP contribution in [0.1, 0.15) is 26.3 Å². The Hall–Kier alpha value is -1.06. The summed E-state index contributed by atoms with van der Waals surface area (Å²) < 4.78 is 5.00. The molecule has 3 nitrogen and oxygen atoms in total. The Bertz CT molecular complexity index is 378. The van der Waals surface area contributed by atoms with Crippen molar-refractivity contribution in [3.63, 3.8) is 0 Å². The van der Waals surface area contributed by atoms with Crippen LogP contribution in [0, 0.1) is 5.92 Å². The smallest absolute Gasteiger partial charge is 0.310 e. The van der Waals surface area contributed by atoms with Crippen LogP contribution >= 0.6 is 11.6 Å². The molecule has 4 heteroatoms. The second-order valence-corrected chi connectivity index (χ2v) is 4.77. The fourth-order valence-electron chi connectivity index (χ4n) is 1.54.